The minimum absolute atomic E-state index is 0.117. The van der Waals surface area contributed by atoms with Crippen molar-refractivity contribution in [1.82, 2.24) is 15.1 Å². The molecule has 112 valence electrons. The van der Waals surface area contributed by atoms with Crippen molar-refractivity contribution in [3.05, 3.63) is 0 Å². The summed E-state index contributed by atoms with van der Waals surface area (Å²) in [5.74, 6) is 0.117. The topological polar surface area (TPSA) is 44.8 Å². The fraction of sp³-hybridized carbons (Fsp3) is 0.929. The average Bonchev–Trinajstić information content (AvgIpc) is 2.44. The molecule has 0 aromatic heterocycles. The first-order valence-electron chi connectivity index (χ1n) is 7.40. The maximum atomic E-state index is 11.3. The van der Waals surface area contributed by atoms with Crippen LogP contribution in [0.25, 0.3) is 0 Å². The van der Waals surface area contributed by atoms with Gasteiger partial charge in [-0.2, -0.15) is 0 Å². The van der Waals surface area contributed by atoms with Crippen molar-refractivity contribution in [3.8, 4) is 0 Å². The summed E-state index contributed by atoms with van der Waals surface area (Å²) in [5, 5.41) is 2.68. The van der Waals surface area contributed by atoms with Crippen LogP contribution in [0, 0.1) is 0 Å². The molecule has 0 unspecified atom stereocenters. The van der Waals surface area contributed by atoms with Gasteiger partial charge in [0.05, 0.1) is 6.54 Å². The fourth-order valence-electron chi connectivity index (χ4n) is 2.39. The molecule has 0 saturated carbocycles. The zero-order valence-electron chi connectivity index (χ0n) is 12.5. The number of methoxy groups -OCH3 is 1. The van der Waals surface area contributed by atoms with Crippen molar-refractivity contribution in [2.45, 2.75) is 25.7 Å². The van der Waals surface area contributed by atoms with Crippen molar-refractivity contribution in [2.24, 2.45) is 0 Å². The Bertz CT molecular complexity index is 241. The number of piperazine rings is 1. The van der Waals surface area contributed by atoms with Gasteiger partial charge in [-0.25, -0.2) is 0 Å². The van der Waals surface area contributed by atoms with Gasteiger partial charge in [0.1, 0.15) is 0 Å². The third kappa shape index (κ3) is 7.50. The zero-order valence-corrected chi connectivity index (χ0v) is 12.5. The van der Waals surface area contributed by atoms with Crippen LogP contribution in [0.15, 0.2) is 0 Å². The maximum Gasteiger partial charge on any atom is 0.233 e. The average molecular weight is 271 g/mol. The summed E-state index contributed by atoms with van der Waals surface area (Å²) in [6.07, 6.45) is 5.02. The summed E-state index contributed by atoms with van der Waals surface area (Å²) < 4.78 is 5.04. The minimum atomic E-state index is 0.117. The van der Waals surface area contributed by atoms with E-state index in [4.69, 9.17) is 4.74 Å². The number of rotatable bonds is 9. The SMILES string of the molecule is CNC(=O)CN1CCN(CCCCCCOC)CC1. The van der Waals surface area contributed by atoms with E-state index in [1.54, 1.807) is 14.2 Å². The molecule has 1 saturated heterocycles. The third-order valence-electron chi connectivity index (χ3n) is 3.68. The fourth-order valence-corrected chi connectivity index (χ4v) is 2.39. The van der Waals surface area contributed by atoms with E-state index < -0.39 is 0 Å². The van der Waals surface area contributed by atoms with E-state index in [9.17, 15) is 4.79 Å². The van der Waals surface area contributed by atoms with Gasteiger partial charge in [0, 0.05) is 46.9 Å². The third-order valence-corrected chi connectivity index (χ3v) is 3.68. The van der Waals surface area contributed by atoms with Gasteiger partial charge in [-0.3, -0.25) is 9.69 Å². The van der Waals surface area contributed by atoms with Crippen molar-refractivity contribution in [1.29, 1.82) is 0 Å². The number of nitrogens with one attached hydrogen (secondary N) is 1. The molecule has 1 heterocycles. The molecule has 5 nitrogen and oxygen atoms in total. The van der Waals surface area contributed by atoms with Crippen LogP contribution in [0.2, 0.25) is 0 Å². The Kier molecular flexibility index (Phi) is 8.79. The second kappa shape index (κ2) is 10.2. The van der Waals surface area contributed by atoms with E-state index in [0.717, 1.165) is 32.8 Å². The van der Waals surface area contributed by atoms with E-state index in [0.29, 0.717) is 6.54 Å². The molecule has 19 heavy (non-hydrogen) atoms. The van der Waals surface area contributed by atoms with Crippen LogP contribution in [0.5, 0.6) is 0 Å². The number of likely N-dealkylation sites (N-methyl/N-ethyl adjacent to an activating group) is 1. The molecule has 1 aliphatic rings. The van der Waals surface area contributed by atoms with Crippen LogP contribution in [-0.2, 0) is 9.53 Å². The molecule has 1 rings (SSSR count). The number of carbonyl (C=O) groups excluding carboxylic acids is 1. The summed E-state index contributed by atoms with van der Waals surface area (Å²) >= 11 is 0. The van der Waals surface area contributed by atoms with Gasteiger partial charge in [0.15, 0.2) is 0 Å². The highest BCUT2D eigenvalue weighted by Crippen LogP contribution is 2.05. The van der Waals surface area contributed by atoms with E-state index in [-0.39, 0.29) is 5.91 Å². The molecule has 1 fully saturated rings. The first kappa shape index (κ1) is 16.4. The molecule has 1 aliphatic heterocycles. The smallest absolute Gasteiger partial charge is 0.233 e. The van der Waals surface area contributed by atoms with Gasteiger partial charge in [0.25, 0.3) is 0 Å². The molecule has 0 aromatic carbocycles. The molecule has 0 aliphatic carbocycles. The molecule has 0 aromatic rings. The summed E-state index contributed by atoms with van der Waals surface area (Å²) in [6.45, 7) is 6.83. The van der Waals surface area contributed by atoms with Crippen LogP contribution in [-0.4, -0.2) is 75.7 Å². The second-order valence-electron chi connectivity index (χ2n) is 5.20. The Balaban J connectivity index is 1.99. The van der Waals surface area contributed by atoms with Crippen molar-refractivity contribution in [3.63, 3.8) is 0 Å². The van der Waals surface area contributed by atoms with Crippen LogP contribution in [0.3, 0.4) is 0 Å². The number of carbonyl (C=O) groups is 1. The normalized spacial score (nSPS) is 17.6. The van der Waals surface area contributed by atoms with E-state index >= 15 is 0 Å². The summed E-state index contributed by atoms with van der Waals surface area (Å²) in [6, 6.07) is 0. The van der Waals surface area contributed by atoms with Crippen LogP contribution < -0.4 is 5.32 Å². The molecule has 0 bridgehead atoms. The Labute approximate surface area is 117 Å². The molecule has 0 atom stereocenters. The van der Waals surface area contributed by atoms with Gasteiger partial charge in [-0.05, 0) is 19.4 Å². The largest absolute Gasteiger partial charge is 0.385 e. The van der Waals surface area contributed by atoms with E-state index in [1.165, 1.54) is 32.2 Å². The van der Waals surface area contributed by atoms with Crippen LogP contribution >= 0.6 is 0 Å². The van der Waals surface area contributed by atoms with Gasteiger partial charge in [-0.1, -0.05) is 12.8 Å². The monoisotopic (exact) mass is 271 g/mol. The predicted molar refractivity (Wildman–Crippen MR) is 77.3 cm³/mol. The lowest BCUT2D eigenvalue weighted by atomic mass is 10.2. The Morgan fingerprint density at radius 1 is 1.05 bits per heavy atom. The first-order valence-corrected chi connectivity index (χ1v) is 7.40. The number of hydrogen-bond donors (Lipinski definition) is 1. The lowest BCUT2D eigenvalue weighted by Gasteiger charge is -2.34. The van der Waals surface area contributed by atoms with Crippen molar-refractivity contribution in [2.75, 3.05) is 60.0 Å². The molecule has 1 amide bonds. The first-order chi connectivity index (χ1) is 9.26. The number of hydrogen-bond acceptors (Lipinski definition) is 4. The van der Waals surface area contributed by atoms with Gasteiger partial charge >= 0.3 is 0 Å². The number of amides is 1. The number of unbranched alkanes of at least 4 members (excludes halogenated alkanes) is 3. The Morgan fingerprint density at radius 3 is 2.32 bits per heavy atom. The van der Waals surface area contributed by atoms with Gasteiger partial charge < -0.3 is 15.0 Å². The highest BCUT2D eigenvalue weighted by molar-refractivity contribution is 5.77. The van der Waals surface area contributed by atoms with Gasteiger partial charge in [-0.15, -0.1) is 0 Å². The highest BCUT2D eigenvalue weighted by Gasteiger charge is 2.17. The molecule has 0 spiro atoms. The second-order valence-corrected chi connectivity index (χ2v) is 5.20. The molecule has 5 heteroatoms. The maximum absolute atomic E-state index is 11.3. The standard InChI is InChI=1S/C14H29N3O2/c1-15-14(18)13-17-10-8-16(9-11-17)7-5-3-4-6-12-19-2/h3-13H2,1-2H3,(H,15,18). The van der Waals surface area contributed by atoms with Crippen molar-refractivity contribution < 1.29 is 9.53 Å². The predicted octanol–water partition coefficient (Wildman–Crippen LogP) is 0.557. The quantitative estimate of drug-likeness (QED) is 0.622. The van der Waals surface area contributed by atoms with E-state index in [2.05, 4.69) is 15.1 Å². The summed E-state index contributed by atoms with van der Waals surface area (Å²) in [5.41, 5.74) is 0. The lowest BCUT2D eigenvalue weighted by Crippen LogP contribution is -2.49. The van der Waals surface area contributed by atoms with Crippen LogP contribution in [0.4, 0.5) is 0 Å². The number of nitrogens with zero attached hydrogens (tertiary/aromatic N) is 2. The van der Waals surface area contributed by atoms with Gasteiger partial charge in [0.2, 0.25) is 5.91 Å². The zero-order chi connectivity index (χ0) is 13.9. The molecule has 0 radical (unpaired) electrons. The Morgan fingerprint density at radius 2 is 1.68 bits per heavy atom. The molecular weight excluding hydrogens is 242 g/mol. The highest BCUT2D eigenvalue weighted by atomic mass is 16.5. The lowest BCUT2D eigenvalue weighted by molar-refractivity contribution is -0.122. The van der Waals surface area contributed by atoms with Crippen molar-refractivity contribution >= 4 is 5.91 Å². The molecular formula is C14H29N3O2. The van der Waals surface area contributed by atoms with E-state index in [1.807, 2.05) is 0 Å². The summed E-state index contributed by atoms with van der Waals surface area (Å²) in [7, 11) is 3.46. The summed E-state index contributed by atoms with van der Waals surface area (Å²) in [4.78, 5) is 16.0. The number of ether oxygens (including phenoxy) is 1. The minimum Gasteiger partial charge on any atom is -0.385 e. The Hall–Kier alpha value is -0.650. The van der Waals surface area contributed by atoms with Crippen LogP contribution in [0.1, 0.15) is 25.7 Å². The molecule has 1 N–H and O–H groups in total.